The zero-order chi connectivity index (χ0) is 24.1. The van der Waals surface area contributed by atoms with Crippen LogP contribution in [0.4, 0.5) is 14.6 Å². The third-order valence-electron chi connectivity index (χ3n) is 4.69. The van der Waals surface area contributed by atoms with Crippen molar-refractivity contribution in [3.63, 3.8) is 0 Å². The van der Waals surface area contributed by atoms with Gasteiger partial charge in [-0.2, -0.15) is 0 Å². The van der Waals surface area contributed by atoms with Crippen LogP contribution in [0.25, 0.3) is 11.2 Å². The van der Waals surface area contributed by atoms with Crippen LogP contribution in [0.3, 0.4) is 0 Å². The number of halogens is 2. The molecule has 3 aromatic heterocycles. The van der Waals surface area contributed by atoms with Gasteiger partial charge in [0.05, 0.1) is 0 Å². The van der Waals surface area contributed by atoms with E-state index in [2.05, 4.69) is 30.2 Å². The van der Waals surface area contributed by atoms with Gasteiger partial charge < -0.3 is 14.8 Å². The van der Waals surface area contributed by atoms with E-state index in [4.69, 9.17) is 9.47 Å². The van der Waals surface area contributed by atoms with Crippen LogP contribution >= 0.6 is 0 Å². The zero-order valence-corrected chi connectivity index (χ0v) is 18.3. The fourth-order valence-corrected chi connectivity index (χ4v) is 3.13. The number of rotatable bonds is 8. The summed E-state index contributed by atoms with van der Waals surface area (Å²) in [4.78, 5) is 32.3. The molecule has 4 rings (SSSR count). The number of carbonyl (C=O) groups excluding carboxylic acids is 1. The fourth-order valence-electron chi connectivity index (χ4n) is 3.13. The first-order valence-electron chi connectivity index (χ1n) is 10.3. The second-order valence-electron chi connectivity index (χ2n) is 7.38. The molecule has 174 valence electrons. The number of pyridine rings is 1. The Labute approximate surface area is 193 Å². The molecule has 0 bridgehead atoms. The molecule has 11 heteroatoms. The highest BCUT2D eigenvalue weighted by atomic mass is 19.3. The molecule has 34 heavy (non-hydrogen) atoms. The predicted molar refractivity (Wildman–Crippen MR) is 119 cm³/mol. The number of benzene rings is 1. The van der Waals surface area contributed by atoms with Gasteiger partial charge in [0.2, 0.25) is 5.88 Å². The first-order chi connectivity index (χ1) is 16.3. The summed E-state index contributed by atoms with van der Waals surface area (Å²) >= 11 is 0. The number of fused-ring (bicyclic) bond motifs is 1. The van der Waals surface area contributed by atoms with E-state index in [9.17, 15) is 13.6 Å². The van der Waals surface area contributed by atoms with E-state index in [1.807, 2.05) is 0 Å². The summed E-state index contributed by atoms with van der Waals surface area (Å²) in [7, 11) is 0. The molecule has 0 aliphatic carbocycles. The molecule has 0 saturated carbocycles. The van der Waals surface area contributed by atoms with E-state index in [0.717, 1.165) is 18.6 Å². The maximum atomic E-state index is 13.6. The standard InChI is InChI=1S/C23H20F2N6O3/c1-14(32)33-18-11-15(5-7-28-21-20-22(31-13-30-21)29-10-9-27-20)3-4-17(18)34-19-12-16(6-8-26-19)23(2,24)25/h3-4,6,8-13H,5,7H2,1-2H3,(H,28,29,30,31). The monoisotopic (exact) mass is 466 g/mol. The molecule has 0 aliphatic rings. The van der Waals surface area contributed by atoms with Crippen molar-refractivity contribution >= 4 is 23.0 Å². The van der Waals surface area contributed by atoms with Crippen LogP contribution in [-0.4, -0.2) is 37.4 Å². The van der Waals surface area contributed by atoms with Gasteiger partial charge in [0.15, 0.2) is 23.0 Å². The summed E-state index contributed by atoms with van der Waals surface area (Å²) in [5.74, 6) is -2.76. The van der Waals surface area contributed by atoms with Crippen LogP contribution < -0.4 is 14.8 Å². The Morgan fingerprint density at radius 2 is 1.82 bits per heavy atom. The minimum Gasteiger partial charge on any atom is -0.435 e. The Kier molecular flexibility index (Phi) is 6.53. The van der Waals surface area contributed by atoms with E-state index in [1.54, 1.807) is 30.6 Å². The van der Waals surface area contributed by atoms with Crippen LogP contribution in [-0.2, 0) is 17.1 Å². The zero-order valence-electron chi connectivity index (χ0n) is 18.3. The number of hydrogen-bond donors (Lipinski definition) is 1. The molecule has 9 nitrogen and oxygen atoms in total. The van der Waals surface area contributed by atoms with Gasteiger partial charge in [-0.15, -0.1) is 0 Å². The van der Waals surface area contributed by atoms with Crippen LogP contribution in [0, 0.1) is 0 Å². The van der Waals surface area contributed by atoms with Crippen molar-refractivity contribution in [3.8, 4) is 17.4 Å². The Bertz CT molecular complexity index is 1320. The molecular formula is C23H20F2N6O3. The van der Waals surface area contributed by atoms with Gasteiger partial charge in [-0.1, -0.05) is 6.07 Å². The largest absolute Gasteiger partial charge is 0.435 e. The van der Waals surface area contributed by atoms with Crippen molar-refractivity contribution in [2.24, 2.45) is 0 Å². The highest BCUT2D eigenvalue weighted by Crippen LogP contribution is 2.34. The number of carbonyl (C=O) groups is 1. The van der Waals surface area contributed by atoms with Crippen molar-refractivity contribution in [1.29, 1.82) is 0 Å². The Hall–Kier alpha value is -4.28. The second kappa shape index (κ2) is 9.69. The molecule has 0 amide bonds. The molecule has 0 fully saturated rings. The molecule has 1 aromatic carbocycles. The smallest absolute Gasteiger partial charge is 0.308 e. The number of ether oxygens (including phenoxy) is 2. The Morgan fingerprint density at radius 1 is 1.00 bits per heavy atom. The topological polar surface area (TPSA) is 112 Å². The molecule has 0 saturated heterocycles. The molecule has 4 aromatic rings. The summed E-state index contributed by atoms with van der Waals surface area (Å²) in [6.45, 7) is 2.55. The second-order valence-corrected chi connectivity index (χ2v) is 7.38. The number of aromatic nitrogens is 5. The average molecular weight is 466 g/mol. The highest BCUT2D eigenvalue weighted by Gasteiger charge is 2.25. The lowest BCUT2D eigenvalue weighted by Gasteiger charge is -2.14. The van der Waals surface area contributed by atoms with E-state index in [0.29, 0.717) is 29.9 Å². The highest BCUT2D eigenvalue weighted by molar-refractivity contribution is 5.81. The third-order valence-corrected chi connectivity index (χ3v) is 4.69. The summed E-state index contributed by atoms with van der Waals surface area (Å²) < 4.78 is 38.2. The van der Waals surface area contributed by atoms with Gasteiger partial charge in [0.1, 0.15) is 11.8 Å². The first-order valence-corrected chi connectivity index (χ1v) is 10.3. The average Bonchev–Trinajstić information content (AvgIpc) is 2.80. The van der Waals surface area contributed by atoms with E-state index in [-0.39, 0.29) is 22.9 Å². The quantitative estimate of drug-likeness (QED) is 0.300. The van der Waals surface area contributed by atoms with Crippen molar-refractivity contribution in [2.45, 2.75) is 26.2 Å². The molecule has 3 heterocycles. The number of nitrogens with zero attached hydrogens (tertiary/aromatic N) is 5. The maximum absolute atomic E-state index is 13.6. The minimum absolute atomic E-state index is 0.0430. The van der Waals surface area contributed by atoms with Gasteiger partial charge in [-0.05, 0) is 30.2 Å². The number of alkyl halides is 2. The molecular weight excluding hydrogens is 446 g/mol. The summed E-state index contributed by atoms with van der Waals surface area (Å²) in [5, 5.41) is 3.20. The lowest BCUT2D eigenvalue weighted by molar-refractivity contribution is -0.132. The molecule has 0 atom stereocenters. The van der Waals surface area contributed by atoms with Crippen LogP contribution in [0.15, 0.2) is 55.2 Å². The third kappa shape index (κ3) is 5.55. The van der Waals surface area contributed by atoms with E-state index in [1.165, 1.54) is 25.5 Å². The number of hydrogen-bond acceptors (Lipinski definition) is 9. The lowest BCUT2D eigenvalue weighted by atomic mass is 10.1. The van der Waals surface area contributed by atoms with Crippen molar-refractivity contribution in [3.05, 3.63) is 66.4 Å². The lowest BCUT2D eigenvalue weighted by Crippen LogP contribution is -2.09. The SMILES string of the molecule is CC(=O)Oc1cc(CCNc2ncnc3nccnc23)ccc1Oc1cc(C(C)(F)F)ccn1. The van der Waals surface area contributed by atoms with Crippen molar-refractivity contribution in [2.75, 3.05) is 11.9 Å². The normalized spacial score (nSPS) is 11.3. The maximum Gasteiger partial charge on any atom is 0.308 e. The number of nitrogens with one attached hydrogen (secondary N) is 1. The van der Waals surface area contributed by atoms with Gasteiger partial charge in [-0.3, -0.25) is 4.79 Å². The van der Waals surface area contributed by atoms with Crippen molar-refractivity contribution in [1.82, 2.24) is 24.9 Å². The summed E-state index contributed by atoms with van der Waals surface area (Å²) in [6.07, 6.45) is 6.30. The summed E-state index contributed by atoms with van der Waals surface area (Å²) in [6, 6.07) is 7.37. The van der Waals surface area contributed by atoms with E-state index < -0.39 is 11.9 Å². The van der Waals surface area contributed by atoms with Crippen LogP contribution in [0.2, 0.25) is 0 Å². The fraction of sp³-hybridized carbons (Fsp3) is 0.217. The van der Waals surface area contributed by atoms with Gasteiger partial charge in [0, 0.05) is 50.6 Å². The first kappa shape index (κ1) is 22.9. The predicted octanol–water partition coefficient (Wildman–Crippen LogP) is 4.30. The Morgan fingerprint density at radius 3 is 2.62 bits per heavy atom. The van der Waals surface area contributed by atoms with Gasteiger partial charge >= 0.3 is 5.97 Å². The molecule has 0 radical (unpaired) electrons. The Balaban J connectivity index is 1.50. The van der Waals surface area contributed by atoms with Crippen LogP contribution in [0.5, 0.6) is 17.4 Å². The number of anilines is 1. The van der Waals surface area contributed by atoms with Crippen molar-refractivity contribution < 1.29 is 23.0 Å². The minimum atomic E-state index is -3.04. The molecule has 0 unspecified atom stereocenters. The number of esters is 1. The van der Waals surface area contributed by atoms with Gasteiger partial charge in [-0.25, -0.2) is 33.7 Å². The van der Waals surface area contributed by atoms with Crippen LogP contribution in [0.1, 0.15) is 25.0 Å². The molecule has 0 spiro atoms. The molecule has 1 N–H and O–H groups in total. The van der Waals surface area contributed by atoms with E-state index >= 15 is 0 Å². The summed E-state index contributed by atoms with van der Waals surface area (Å²) in [5.41, 5.74) is 1.64. The van der Waals surface area contributed by atoms with Gasteiger partial charge in [0.25, 0.3) is 5.92 Å². The molecule has 0 aliphatic heterocycles.